The van der Waals surface area contributed by atoms with E-state index in [1.54, 1.807) is 11.3 Å². The highest BCUT2D eigenvalue weighted by Crippen LogP contribution is 2.24. The van der Waals surface area contributed by atoms with Gasteiger partial charge in [0.15, 0.2) is 11.3 Å². The van der Waals surface area contributed by atoms with Gasteiger partial charge in [-0.1, -0.05) is 6.42 Å². The third kappa shape index (κ3) is 1.41. The van der Waals surface area contributed by atoms with Gasteiger partial charge in [0.1, 0.15) is 0 Å². The fourth-order valence-corrected chi connectivity index (χ4v) is 2.57. The average Bonchev–Trinajstić information content (AvgIpc) is 2.37. The van der Waals surface area contributed by atoms with Crippen LogP contribution in [0.5, 0.6) is 0 Å². The first-order valence-corrected chi connectivity index (χ1v) is 5.15. The lowest BCUT2D eigenvalue weighted by atomic mass is 10.2. The van der Waals surface area contributed by atoms with Crippen molar-refractivity contribution in [3.63, 3.8) is 0 Å². The first-order valence-electron chi connectivity index (χ1n) is 4.34. The first kappa shape index (κ1) is 7.92. The van der Waals surface area contributed by atoms with Crippen molar-refractivity contribution in [2.75, 3.05) is 0 Å². The molecule has 0 bridgehead atoms. The number of carbonyl (C=O) groups is 1. The Hall–Kier alpha value is -0.700. The summed E-state index contributed by atoms with van der Waals surface area (Å²) in [6.07, 6.45) is 6.85. The molecule has 0 aliphatic heterocycles. The van der Waals surface area contributed by atoms with Crippen LogP contribution in [0.4, 0.5) is 0 Å². The van der Waals surface area contributed by atoms with Gasteiger partial charge in [-0.05, 0) is 25.7 Å². The van der Waals surface area contributed by atoms with E-state index in [1.165, 1.54) is 29.8 Å². The van der Waals surface area contributed by atoms with Gasteiger partial charge in [-0.2, -0.15) is 0 Å². The molecule has 1 heterocycles. The Kier molecular flexibility index (Phi) is 2.21. The van der Waals surface area contributed by atoms with Crippen LogP contribution in [-0.2, 0) is 12.8 Å². The maximum atomic E-state index is 10.5. The molecule has 12 heavy (non-hydrogen) atoms. The number of carbonyl (C=O) groups excluding carboxylic acids is 1. The number of aldehydes is 1. The third-order valence-corrected chi connectivity index (χ3v) is 3.30. The maximum Gasteiger partial charge on any atom is 0.178 e. The van der Waals surface area contributed by atoms with Crippen molar-refractivity contribution in [3.05, 3.63) is 15.6 Å². The Morgan fingerprint density at radius 2 is 2.08 bits per heavy atom. The van der Waals surface area contributed by atoms with Gasteiger partial charge < -0.3 is 0 Å². The molecular weight excluding hydrogens is 170 g/mol. The van der Waals surface area contributed by atoms with Crippen molar-refractivity contribution in [1.29, 1.82) is 0 Å². The van der Waals surface area contributed by atoms with Crippen LogP contribution >= 0.6 is 11.3 Å². The zero-order chi connectivity index (χ0) is 8.39. The molecule has 0 unspecified atom stereocenters. The summed E-state index contributed by atoms with van der Waals surface area (Å²) in [6, 6.07) is 0. The van der Waals surface area contributed by atoms with E-state index in [2.05, 4.69) is 4.98 Å². The number of fused-ring (bicyclic) bond motifs is 1. The fraction of sp³-hybridized carbons (Fsp3) is 0.556. The molecule has 0 aromatic carbocycles. The van der Waals surface area contributed by atoms with Crippen molar-refractivity contribution in [1.82, 2.24) is 4.98 Å². The van der Waals surface area contributed by atoms with Crippen LogP contribution in [0.15, 0.2) is 0 Å². The lowest BCUT2D eigenvalue weighted by Gasteiger charge is -1.90. The summed E-state index contributed by atoms with van der Waals surface area (Å²) in [5, 5.41) is 0.655. The summed E-state index contributed by atoms with van der Waals surface area (Å²) in [7, 11) is 0. The zero-order valence-electron chi connectivity index (χ0n) is 6.88. The molecule has 2 rings (SSSR count). The SMILES string of the molecule is O=Cc1nc2c(s1)CCCCC2. The van der Waals surface area contributed by atoms with E-state index in [0.29, 0.717) is 5.01 Å². The fourth-order valence-electron chi connectivity index (χ4n) is 1.60. The molecule has 1 aliphatic rings. The van der Waals surface area contributed by atoms with Gasteiger partial charge in [-0.25, -0.2) is 4.98 Å². The molecule has 3 heteroatoms. The summed E-state index contributed by atoms with van der Waals surface area (Å²) in [5.41, 5.74) is 1.18. The number of thiazole rings is 1. The Bertz CT molecular complexity index is 269. The Balaban J connectivity index is 2.32. The average molecular weight is 181 g/mol. The van der Waals surface area contributed by atoms with Gasteiger partial charge >= 0.3 is 0 Å². The summed E-state index contributed by atoms with van der Waals surface area (Å²) in [4.78, 5) is 16.1. The van der Waals surface area contributed by atoms with Crippen LogP contribution in [0, 0.1) is 0 Å². The third-order valence-electron chi connectivity index (χ3n) is 2.21. The van der Waals surface area contributed by atoms with Crippen molar-refractivity contribution in [2.24, 2.45) is 0 Å². The molecule has 64 valence electrons. The monoisotopic (exact) mass is 181 g/mol. The zero-order valence-corrected chi connectivity index (χ0v) is 7.69. The quantitative estimate of drug-likeness (QED) is 0.491. The van der Waals surface area contributed by atoms with Crippen LogP contribution in [0.3, 0.4) is 0 Å². The number of nitrogens with zero attached hydrogens (tertiary/aromatic N) is 1. The molecule has 1 aromatic heterocycles. The van der Waals surface area contributed by atoms with Gasteiger partial charge in [0.2, 0.25) is 0 Å². The van der Waals surface area contributed by atoms with Crippen LogP contribution < -0.4 is 0 Å². The highest BCUT2D eigenvalue weighted by molar-refractivity contribution is 7.13. The molecule has 0 spiro atoms. The molecular formula is C9H11NOS. The second-order valence-electron chi connectivity index (χ2n) is 3.10. The van der Waals surface area contributed by atoms with Gasteiger partial charge in [0.05, 0.1) is 5.69 Å². The summed E-state index contributed by atoms with van der Waals surface area (Å²) >= 11 is 1.57. The molecule has 0 saturated heterocycles. The highest BCUT2D eigenvalue weighted by atomic mass is 32.1. The van der Waals surface area contributed by atoms with Gasteiger partial charge in [-0.3, -0.25) is 4.79 Å². The second-order valence-corrected chi connectivity index (χ2v) is 4.22. The number of aromatic nitrogens is 1. The molecule has 0 atom stereocenters. The lowest BCUT2D eigenvalue weighted by molar-refractivity contribution is 0.112. The van der Waals surface area contributed by atoms with Crippen LogP contribution in [0.1, 0.15) is 39.6 Å². The minimum atomic E-state index is 0.655. The highest BCUT2D eigenvalue weighted by Gasteiger charge is 2.12. The number of hydrogen-bond acceptors (Lipinski definition) is 3. The predicted molar refractivity (Wildman–Crippen MR) is 48.8 cm³/mol. The van der Waals surface area contributed by atoms with E-state index in [0.717, 1.165) is 19.1 Å². The number of hydrogen-bond donors (Lipinski definition) is 0. The van der Waals surface area contributed by atoms with Gasteiger partial charge in [0, 0.05) is 4.88 Å². The first-order chi connectivity index (χ1) is 5.90. The van der Waals surface area contributed by atoms with E-state index in [4.69, 9.17) is 0 Å². The summed E-state index contributed by atoms with van der Waals surface area (Å²) < 4.78 is 0. The van der Waals surface area contributed by atoms with E-state index < -0.39 is 0 Å². The smallest absolute Gasteiger partial charge is 0.178 e. The summed E-state index contributed by atoms with van der Waals surface area (Å²) in [5.74, 6) is 0. The Morgan fingerprint density at radius 1 is 1.25 bits per heavy atom. The predicted octanol–water partition coefficient (Wildman–Crippen LogP) is 2.22. The molecule has 0 fully saturated rings. The molecule has 0 N–H and O–H groups in total. The number of rotatable bonds is 1. The Labute approximate surface area is 75.6 Å². The van der Waals surface area contributed by atoms with E-state index in [9.17, 15) is 4.79 Å². The largest absolute Gasteiger partial charge is 0.295 e. The maximum absolute atomic E-state index is 10.5. The number of aryl methyl sites for hydroxylation is 2. The summed E-state index contributed by atoms with van der Waals surface area (Å²) in [6.45, 7) is 0. The topological polar surface area (TPSA) is 30.0 Å². The molecule has 1 aliphatic carbocycles. The van der Waals surface area contributed by atoms with Crippen molar-refractivity contribution < 1.29 is 4.79 Å². The van der Waals surface area contributed by atoms with Crippen LogP contribution in [0.25, 0.3) is 0 Å². The minimum Gasteiger partial charge on any atom is -0.295 e. The van der Waals surface area contributed by atoms with E-state index in [1.807, 2.05) is 0 Å². The molecule has 0 saturated carbocycles. The van der Waals surface area contributed by atoms with E-state index >= 15 is 0 Å². The Morgan fingerprint density at radius 3 is 2.92 bits per heavy atom. The van der Waals surface area contributed by atoms with Gasteiger partial charge in [-0.15, -0.1) is 11.3 Å². The van der Waals surface area contributed by atoms with Crippen molar-refractivity contribution in [3.8, 4) is 0 Å². The van der Waals surface area contributed by atoms with E-state index in [-0.39, 0.29) is 0 Å². The van der Waals surface area contributed by atoms with Crippen molar-refractivity contribution in [2.45, 2.75) is 32.1 Å². The molecule has 2 nitrogen and oxygen atoms in total. The van der Waals surface area contributed by atoms with Crippen LogP contribution in [0.2, 0.25) is 0 Å². The van der Waals surface area contributed by atoms with Crippen LogP contribution in [-0.4, -0.2) is 11.3 Å². The standard InChI is InChI=1S/C9H11NOS/c11-6-9-10-7-4-2-1-3-5-8(7)12-9/h6H,1-5H2. The normalized spacial score (nSPS) is 16.7. The minimum absolute atomic E-state index is 0.655. The second kappa shape index (κ2) is 3.35. The van der Waals surface area contributed by atoms with Crippen molar-refractivity contribution >= 4 is 17.6 Å². The molecule has 0 radical (unpaired) electrons. The lowest BCUT2D eigenvalue weighted by Crippen LogP contribution is -1.86. The molecule has 1 aromatic rings. The van der Waals surface area contributed by atoms with Gasteiger partial charge in [0.25, 0.3) is 0 Å². The molecule has 0 amide bonds.